The van der Waals surface area contributed by atoms with E-state index in [4.69, 9.17) is 9.47 Å². The summed E-state index contributed by atoms with van der Waals surface area (Å²) < 4.78 is 11.4. The smallest absolute Gasteiger partial charge is 0.258 e. The van der Waals surface area contributed by atoms with Crippen LogP contribution >= 0.6 is 0 Å². The molecule has 0 saturated carbocycles. The molecule has 2 aromatic rings. The molecule has 5 nitrogen and oxygen atoms in total. The first-order valence-electron chi connectivity index (χ1n) is 9.10. The number of ether oxygens (including phenoxy) is 2. The Morgan fingerprint density at radius 1 is 1.15 bits per heavy atom. The lowest BCUT2D eigenvalue weighted by atomic mass is 10.00. The summed E-state index contributed by atoms with van der Waals surface area (Å²) in [6.07, 6.45) is 0.544. The molecule has 0 bridgehead atoms. The van der Waals surface area contributed by atoms with E-state index in [-0.39, 0.29) is 18.1 Å². The van der Waals surface area contributed by atoms with Crippen molar-refractivity contribution in [1.82, 2.24) is 4.90 Å². The number of rotatable bonds is 6. The molecule has 2 atom stereocenters. The van der Waals surface area contributed by atoms with Gasteiger partial charge in [-0.25, -0.2) is 0 Å². The number of methoxy groups -OCH3 is 1. The zero-order valence-corrected chi connectivity index (χ0v) is 15.8. The predicted octanol–water partition coefficient (Wildman–Crippen LogP) is 4.46. The maximum absolute atomic E-state index is 13.2. The van der Waals surface area contributed by atoms with E-state index in [0.717, 1.165) is 17.7 Å². The van der Waals surface area contributed by atoms with Crippen molar-refractivity contribution >= 4 is 11.6 Å². The highest BCUT2D eigenvalue weighted by Crippen LogP contribution is 2.41. The van der Waals surface area contributed by atoms with Gasteiger partial charge in [0.25, 0.3) is 5.91 Å². The quantitative estimate of drug-likeness (QED) is 0.832. The van der Waals surface area contributed by atoms with Crippen LogP contribution in [0.25, 0.3) is 0 Å². The zero-order chi connectivity index (χ0) is 18.7. The fourth-order valence-corrected chi connectivity index (χ4v) is 3.38. The van der Waals surface area contributed by atoms with Crippen molar-refractivity contribution in [1.29, 1.82) is 0 Å². The van der Waals surface area contributed by atoms with Crippen molar-refractivity contribution in [2.75, 3.05) is 19.0 Å². The summed E-state index contributed by atoms with van der Waals surface area (Å²) in [4.78, 5) is 15.1. The maximum atomic E-state index is 13.2. The van der Waals surface area contributed by atoms with E-state index in [2.05, 4.69) is 19.2 Å². The molecule has 1 aliphatic rings. The average molecular weight is 354 g/mol. The molecule has 1 heterocycles. The molecule has 0 radical (unpaired) electrons. The van der Waals surface area contributed by atoms with Crippen molar-refractivity contribution in [3.8, 4) is 11.5 Å². The van der Waals surface area contributed by atoms with E-state index >= 15 is 0 Å². The van der Waals surface area contributed by atoms with Gasteiger partial charge in [-0.3, -0.25) is 4.79 Å². The van der Waals surface area contributed by atoms with Crippen LogP contribution in [0.1, 0.15) is 49.3 Å². The van der Waals surface area contributed by atoms with Gasteiger partial charge in [0.05, 0.1) is 19.3 Å². The number of hydrogen-bond acceptors (Lipinski definition) is 4. The van der Waals surface area contributed by atoms with Crippen LogP contribution in [0.4, 0.5) is 5.69 Å². The lowest BCUT2D eigenvalue weighted by Gasteiger charge is -2.42. The zero-order valence-electron chi connectivity index (χ0n) is 15.8. The molecular formula is C21H26N2O3. The lowest BCUT2D eigenvalue weighted by molar-refractivity contribution is 0.0590. The molecule has 2 aromatic carbocycles. The van der Waals surface area contributed by atoms with Crippen molar-refractivity contribution in [3.63, 3.8) is 0 Å². The van der Waals surface area contributed by atoms with Crippen molar-refractivity contribution in [2.45, 2.75) is 39.4 Å². The maximum Gasteiger partial charge on any atom is 0.258 e. The van der Waals surface area contributed by atoms with Crippen LogP contribution in [0.3, 0.4) is 0 Å². The van der Waals surface area contributed by atoms with Gasteiger partial charge < -0.3 is 19.7 Å². The fourth-order valence-electron chi connectivity index (χ4n) is 3.38. The number of benzene rings is 2. The molecule has 3 rings (SSSR count). The molecule has 1 N–H and O–H groups in total. The van der Waals surface area contributed by atoms with Gasteiger partial charge >= 0.3 is 0 Å². The number of nitrogens with zero attached hydrogens (tertiary/aromatic N) is 1. The highest BCUT2D eigenvalue weighted by Gasteiger charge is 2.37. The molecular weight excluding hydrogens is 328 g/mol. The molecule has 1 aliphatic heterocycles. The molecule has 0 unspecified atom stereocenters. The van der Waals surface area contributed by atoms with Crippen LogP contribution in [-0.4, -0.2) is 30.6 Å². The summed E-state index contributed by atoms with van der Waals surface area (Å²) in [5, 5.41) is 3.52. The van der Waals surface area contributed by atoms with Gasteiger partial charge in [0, 0.05) is 17.3 Å². The summed E-state index contributed by atoms with van der Waals surface area (Å²) in [6.45, 7) is 6.65. The predicted molar refractivity (Wildman–Crippen MR) is 103 cm³/mol. The molecule has 5 heteroatoms. The number of carbonyl (C=O) groups excluding carboxylic acids is 1. The first-order chi connectivity index (χ1) is 12.6. The minimum atomic E-state index is -0.317. The summed E-state index contributed by atoms with van der Waals surface area (Å²) in [5.41, 5.74) is 2.43. The largest absolute Gasteiger partial charge is 0.492 e. The minimum Gasteiger partial charge on any atom is -0.492 e. The molecule has 0 saturated heterocycles. The van der Waals surface area contributed by atoms with Crippen LogP contribution in [0.15, 0.2) is 42.5 Å². The third-order valence-corrected chi connectivity index (χ3v) is 4.84. The Bertz CT molecular complexity index is 791. The lowest BCUT2D eigenvalue weighted by Crippen LogP contribution is -2.47. The highest BCUT2D eigenvalue weighted by molar-refractivity contribution is 6.02. The fraction of sp³-hybridized carbons (Fsp3) is 0.381. The average Bonchev–Trinajstić information content (AvgIpc) is 2.67. The third kappa shape index (κ3) is 3.09. The number of hydrogen-bond donors (Lipinski definition) is 1. The molecule has 26 heavy (non-hydrogen) atoms. The summed E-state index contributed by atoms with van der Waals surface area (Å²) in [7, 11) is 1.63. The van der Waals surface area contributed by atoms with E-state index in [0.29, 0.717) is 23.7 Å². The van der Waals surface area contributed by atoms with Crippen molar-refractivity contribution in [3.05, 3.63) is 53.6 Å². The van der Waals surface area contributed by atoms with Crippen LogP contribution < -0.4 is 14.8 Å². The number of para-hydroxylation sites is 2. The first kappa shape index (κ1) is 18.1. The minimum absolute atomic E-state index is 0.0302. The topological polar surface area (TPSA) is 50.8 Å². The summed E-state index contributed by atoms with van der Waals surface area (Å²) in [6, 6.07) is 13.5. The Morgan fingerprint density at radius 3 is 2.62 bits per heavy atom. The molecule has 1 amide bonds. The Labute approximate surface area is 154 Å². The summed E-state index contributed by atoms with van der Waals surface area (Å²) >= 11 is 0. The second-order valence-electron chi connectivity index (χ2n) is 6.37. The van der Waals surface area contributed by atoms with E-state index in [1.807, 2.05) is 54.3 Å². The number of fused-ring (bicyclic) bond motifs is 1. The second-order valence-corrected chi connectivity index (χ2v) is 6.37. The number of amides is 1. The highest BCUT2D eigenvalue weighted by atomic mass is 16.5. The van der Waals surface area contributed by atoms with E-state index in [1.165, 1.54) is 0 Å². The molecule has 0 fully saturated rings. The van der Waals surface area contributed by atoms with Crippen molar-refractivity contribution < 1.29 is 14.3 Å². The van der Waals surface area contributed by atoms with Gasteiger partial charge in [0.15, 0.2) is 11.5 Å². The van der Waals surface area contributed by atoms with Crippen LogP contribution in [0.2, 0.25) is 0 Å². The van der Waals surface area contributed by atoms with E-state index in [1.54, 1.807) is 7.11 Å². The Balaban J connectivity index is 2.13. The Morgan fingerprint density at radius 2 is 1.92 bits per heavy atom. The third-order valence-electron chi connectivity index (χ3n) is 4.84. The van der Waals surface area contributed by atoms with Gasteiger partial charge in [-0.15, -0.1) is 0 Å². The van der Waals surface area contributed by atoms with E-state index < -0.39 is 0 Å². The second kappa shape index (κ2) is 7.68. The normalized spacial score (nSPS) is 17.3. The van der Waals surface area contributed by atoms with E-state index in [9.17, 15) is 4.79 Å². The van der Waals surface area contributed by atoms with Crippen LogP contribution in [0.5, 0.6) is 11.5 Å². The van der Waals surface area contributed by atoms with Crippen LogP contribution in [-0.2, 0) is 0 Å². The molecule has 0 aromatic heterocycles. The number of nitrogens with one attached hydrogen (secondary N) is 1. The Kier molecular flexibility index (Phi) is 5.35. The van der Waals surface area contributed by atoms with Crippen LogP contribution in [0, 0.1) is 0 Å². The van der Waals surface area contributed by atoms with Gasteiger partial charge in [0.1, 0.15) is 6.17 Å². The SMILES string of the molecule is CCOc1cccc([C@H]2Nc3ccccc3C(=O)N2[C@@H](C)CC)c1OC. The standard InChI is InChI=1S/C21H26N2O3/c1-5-14(3)23-20(22-17-12-8-7-10-15(17)21(23)24)16-11-9-13-18(26-6-2)19(16)25-4/h7-14,20,22H,5-6H2,1-4H3/t14-,20-/m0/s1. The first-order valence-corrected chi connectivity index (χ1v) is 9.10. The number of carbonyl (C=O) groups is 1. The van der Waals surface area contributed by atoms with Gasteiger partial charge in [-0.1, -0.05) is 31.2 Å². The molecule has 138 valence electrons. The van der Waals surface area contributed by atoms with Gasteiger partial charge in [-0.2, -0.15) is 0 Å². The molecule has 0 spiro atoms. The summed E-state index contributed by atoms with van der Waals surface area (Å²) in [5.74, 6) is 1.37. The molecule has 0 aliphatic carbocycles. The monoisotopic (exact) mass is 354 g/mol. The number of anilines is 1. The van der Waals surface area contributed by atoms with Crippen molar-refractivity contribution in [2.24, 2.45) is 0 Å². The van der Waals surface area contributed by atoms with Gasteiger partial charge in [0.2, 0.25) is 0 Å². The van der Waals surface area contributed by atoms with Gasteiger partial charge in [-0.05, 0) is 38.5 Å². The Hall–Kier alpha value is -2.69.